The van der Waals surface area contributed by atoms with E-state index in [1.807, 2.05) is 27.1 Å². The topological polar surface area (TPSA) is 58.4 Å². The van der Waals surface area contributed by atoms with E-state index in [1.54, 1.807) is 0 Å². The number of carbonyl (C=O) groups is 1. The molecule has 3 N–H and O–H groups in total. The molecule has 0 spiro atoms. The second kappa shape index (κ2) is 6.50. The van der Waals surface area contributed by atoms with Crippen molar-refractivity contribution in [2.75, 3.05) is 20.6 Å². The fraction of sp³-hybridized carbons (Fsp3) is 0.556. The number of rotatable bonds is 4. The molecule has 0 saturated heterocycles. The van der Waals surface area contributed by atoms with Gasteiger partial charge in [-0.1, -0.05) is 18.3 Å². The van der Waals surface area contributed by atoms with E-state index in [2.05, 4.69) is 10.2 Å². The molecule has 0 aliphatic rings. The molecule has 0 aromatic heterocycles. The van der Waals surface area contributed by atoms with Crippen LogP contribution in [0, 0.1) is 0 Å². The minimum absolute atomic E-state index is 0.0665. The minimum Gasteiger partial charge on any atom is -0.364 e. The molecule has 0 fully saturated rings. The maximum absolute atomic E-state index is 10.7. The van der Waals surface area contributed by atoms with Gasteiger partial charge in [0, 0.05) is 12.2 Å². The molecule has 0 saturated carbocycles. The Hall–Kier alpha value is -0.940. The number of carbonyl (C=O) groups excluding carboxylic acids is 1. The average Bonchev–Trinajstić information content (AvgIpc) is 2.11. The summed E-state index contributed by atoms with van der Waals surface area (Å²) in [5.74, 6) is -0.593. The van der Waals surface area contributed by atoms with Gasteiger partial charge in [-0.25, -0.2) is 0 Å². The number of primary amides is 1. The zero-order valence-corrected chi connectivity index (χ0v) is 9.65. The molecule has 0 unspecified atom stereocenters. The summed E-state index contributed by atoms with van der Waals surface area (Å²) >= 11 is 4.76. The maximum atomic E-state index is 10.7. The van der Waals surface area contributed by atoms with Crippen LogP contribution >= 0.6 is 12.2 Å². The van der Waals surface area contributed by atoms with Crippen molar-refractivity contribution in [1.29, 1.82) is 0 Å². The van der Waals surface area contributed by atoms with Crippen LogP contribution < -0.4 is 11.1 Å². The third-order valence-corrected chi connectivity index (χ3v) is 1.98. The molecule has 80 valence electrons. The number of allylic oxidation sites excluding steroid dienone is 1. The van der Waals surface area contributed by atoms with Crippen LogP contribution in [-0.4, -0.2) is 36.4 Å². The van der Waals surface area contributed by atoms with E-state index in [9.17, 15) is 4.79 Å². The van der Waals surface area contributed by atoms with Crippen molar-refractivity contribution in [3.63, 3.8) is 0 Å². The first-order valence-corrected chi connectivity index (χ1v) is 4.79. The predicted molar refractivity (Wildman–Crippen MR) is 61.9 cm³/mol. The first-order chi connectivity index (χ1) is 6.47. The highest BCUT2D eigenvalue weighted by Gasteiger charge is 2.05. The molecule has 0 bridgehead atoms. The van der Waals surface area contributed by atoms with E-state index in [-0.39, 0.29) is 4.99 Å². The lowest BCUT2D eigenvalue weighted by Crippen LogP contribution is -2.34. The van der Waals surface area contributed by atoms with Crippen molar-refractivity contribution in [3.05, 3.63) is 11.8 Å². The van der Waals surface area contributed by atoms with Crippen LogP contribution in [0.2, 0.25) is 0 Å². The highest BCUT2D eigenvalue weighted by Crippen LogP contribution is 1.97. The Balaban J connectivity index is 4.05. The van der Waals surface area contributed by atoms with Crippen LogP contribution in [-0.2, 0) is 4.79 Å². The van der Waals surface area contributed by atoms with E-state index in [0.29, 0.717) is 0 Å². The van der Waals surface area contributed by atoms with Crippen LogP contribution in [0.1, 0.15) is 13.3 Å². The molecule has 5 heteroatoms. The van der Waals surface area contributed by atoms with Gasteiger partial charge in [0.05, 0.1) is 0 Å². The number of hydrogen-bond acceptors (Lipinski definition) is 3. The van der Waals surface area contributed by atoms with Crippen molar-refractivity contribution in [2.45, 2.75) is 13.3 Å². The smallest absolute Gasteiger partial charge is 0.276 e. The highest BCUT2D eigenvalue weighted by atomic mass is 32.1. The van der Waals surface area contributed by atoms with Crippen LogP contribution in [0.25, 0.3) is 0 Å². The fourth-order valence-corrected chi connectivity index (χ4v) is 0.962. The largest absolute Gasteiger partial charge is 0.364 e. The molecular formula is C9H17N3OS. The maximum Gasteiger partial charge on any atom is 0.276 e. The zero-order valence-electron chi connectivity index (χ0n) is 8.83. The number of thiocarbonyl (C=S) groups is 1. The van der Waals surface area contributed by atoms with Crippen molar-refractivity contribution >= 4 is 23.1 Å². The minimum atomic E-state index is -0.593. The van der Waals surface area contributed by atoms with Gasteiger partial charge in [0.25, 0.3) is 5.91 Å². The molecule has 0 atom stereocenters. The van der Waals surface area contributed by atoms with Gasteiger partial charge in [0.15, 0.2) is 4.99 Å². The summed E-state index contributed by atoms with van der Waals surface area (Å²) in [6, 6.07) is 0. The number of hydrogen-bond donors (Lipinski definition) is 2. The lowest BCUT2D eigenvalue weighted by Gasteiger charge is -2.13. The second-order valence-corrected chi connectivity index (χ2v) is 3.59. The fourth-order valence-electron chi connectivity index (χ4n) is 0.830. The van der Waals surface area contributed by atoms with Gasteiger partial charge in [0.2, 0.25) is 0 Å². The SMILES string of the molecule is C/C=C(\CCN(C)C)NC(=S)C(N)=O. The molecule has 1 amide bonds. The second-order valence-electron chi connectivity index (χ2n) is 3.19. The van der Waals surface area contributed by atoms with Crippen molar-refractivity contribution in [3.8, 4) is 0 Å². The lowest BCUT2D eigenvalue weighted by atomic mass is 10.3. The number of nitrogens with two attached hydrogens (primary N) is 1. The van der Waals surface area contributed by atoms with Gasteiger partial charge in [0.1, 0.15) is 0 Å². The number of nitrogens with one attached hydrogen (secondary N) is 1. The molecule has 0 heterocycles. The Morgan fingerprint density at radius 1 is 1.57 bits per heavy atom. The van der Waals surface area contributed by atoms with Gasteiger partial charge in [-0.3, -0.25) is 4.79 Å². The molecule has 0 aromatic carbocycles. The van der Waals surface area contributed by atoms with Gasteiger partial charge in [-0.05, 0) is 27.4 Å². The number of nitrogens with zero attached hydrogens (tertiary/aromatic N) is 1. The summed E-state index contributed by atoms with van der Waals surface area (Å²) in [6.07, 6.45) is 2.70. The number of amides is 1. The van der Waals surface area contributed by atoms with Gasteiger partial charge in [-0.2, -0.15) is 0 Å². The van der Waals surface area contributed by atoms with Crippen LogP contribution in [0.15, 0.2) is 11.8 Å². The normalized spacial score (nSPS) is 11.6. The summed E-state index contributed by atoms with van der Waals surface area (Å²) in [7, 11) is 3.97. The third-order valence-electron chi connectivity index (χ3n) is 1.67. The van der Waals surface area contributed by atoms with E-state index in [0.717, 1.165) is 18.7 Å². The predicted octanol–water partition coefficient (Wildman–Crippen LogP) is 0.244. The summed E-state index contributed by atoms with van der Waals surface area (Å²) in [6.45, 7) is 2.79. The van der Waals surface area contributed by atoms with E-state index in [1.165, 1.54) is 0 Å². The molecule has 0 aliphatic heterocycles. The van der Waals surface area contributed by atoms with Gasteiger partial charge < -0.3 is 16.0 Å². The van der Waals surface area contributed by atoms with Crippen LogP contribution in [0.5, 0.6) is 0 Å². The average molecular weight is 215 g/mol. The molecular weight excluding hydrogens is 198 g/mol. The Kier molecular flexibility index (Phi) is 6.07. The Bertz CT molecular complexity index is 248. The summed E-state index contributed by atoms with van der Waals surface area (Å²) in [4.78, 5) is 12.8. The van der Waals surface area contributed by atoms with E-state index >= 15 is 0 Å². The molecule has 0 aromatic rings. The molecule has 0 radical (unpaired) electrons. The van der Waals surface area contributed by atoms with E-state index in [4.69, 9.17) is 18.0 Å². The Labute approximate surface area is 90.1 Å². The van der Waals surface area contributed by atoms with Crippen molar-refractivity contribution < 1.29 is 4.79 Å². The van der Waals surface area contributed by atoms with Gasteiger partial charge >= 0.3 is 0 Å². The molecule has 14 heavy (non-hydrogen) atoms. The highest BCUT2D eigenvalue weighted by molar-refractivity contribution is 7.82. The monoisotopic (exact) mass is 215 g/mol. The summed E-state index contributed by atoms with van der Waals surface area (Å²) in [5.41, 5.74) is 5.93. The molecule has 0 aliphatic carbocycles. The first-order valence-electron chi connectivity index (χ1n) is 4.38. The summed E-state index contributed by atoms with van der Waals surface area (Å²) < 4.78 is 0. The van der Waals surface area contributed by atoms with Crippen molar-refractivity contribution in [1.82, 2.24) is 10.2 Å². The summed E-state index contributed by atoms with van der Waals surface area (Å²) in [5, 5.41) is 2.81. The lowest BCUT2D eigenvalue weighted by molar-refractivity contribution is -0.112. The van der Waals surface area contributed by atoms with Gasteiger partial charge in [-0.15, -0.1) is 0 Å². The zero-order chi connectivity index (χ0) is 11.1. The van der Waals surface area contributed by atoms with E-state index < -0.39 is 5.91 Å². The Morgan fingerprint density at radius 2 is 2.14 bits per heavy atom. The quantitative estimate of drug-likeness (QED) is 0.660. The Morgan fingerprint density at radius 3 is 2.50 bits per heavy atom. The van der Waals surface area contributed by atoms with Crippen molar-refractivity contribution in [2.24, 2.45) is 5.73 Å². The standard InChI is InChI=1S/C9H17N3OS/c1-4-7(5-6-12(2)3)11-9(14)8(10)13/h4H,5-6H2,1-3H3,(H2,10,13)(H,11,14)/b7-4+. The third kappa shape index (κ3) is 5.66. The van der Waals surface area contributed by atoms with Crippen LogP contribution in [0.4, 0.5) is 0 Å². The molecule has 4 nitrogen and oxygen atoms in total. The first kappa shape index (κ1) is 13.1. The van der Waals surface area contributed by atoms with Crippen LogP contribution in [0.3, 0.4) is 0 Å². The molecule has 0 rings (SSSR count).